The summed E-state index contributed by atoms with van der Waals surface area (Å²) in [5, 5.41) is 4.38. The maximum absolute atomic E-state index is 12.3. The van der Waals surface area contributed by atoms with Crippen molar-refractivity contribution in [2.24, 2.45) is 0 Å². The molecule has 0 aliphatic carbocycles. The van der Waals surface area contributed by atoms with E-state index in [1.54, 1.807) is 24.8 Å². The van der Waals surface area contributed by atoms with E-state index in [0.717, 1.165) is 17.5 Å². The van der Waals surface area contributed by atoms with Crippen LogP contribution in [0.25, 0.3) is 22.8 Å². The largest absolute Gasteiger partial charge is 0.273 e. The number of rotatable bonds is 4. The van der Waals surface area contributed by atoms with E-state index in [4.69, 9.17) is 0 Å². The summed E-state index contributed by atoms with van der Waals surface area (Å²) in [6, 6.07) is 7.27. The minimum Gasteiger partial charge on any atom is -0.273 e. The number of hydrogen-bond donors (Lipinski definition) is 0. The normalized spacial score (nSPS) is 10.6. The van der Waals surface area contributed by atoms with Crippen molar-refractivity contribution in [3.8, 4) is 22.8 Å². The zero-order valence-corrected chi connectivity index (χ0v) is 12.2. The smallest absolute Gasteiger partial charge is 0.248 e. The predicted octanol–water partition coefficient (Wildman–Crippen LogP) is 2.84. The van der Waals surface area contributed by atoms with Gasteiger partial charge >= 0.3 is 0 Å². The van der Waals surface area contributed by atoms with Crippen molar-refractivity contribution in [2.75, 3.05) is 0 Å². The van der Waals surface area contributed by atoms with Gasteiger partial charge in [0.25, 0.3) is 0 Å². The summed E-state index contributed by atoms with van der Waals surface area (Å²) in [5.41, 5.74) is 1.64. The molecule has 0 bridgehead atoms. The SMILES string of the molecule is CCCC(=O)n1nc(-c2ccncc2)nc1-c1ccncc1. The number of pyridine rings is 2. The molecule has 0 aromatic carbocycles. The van der Waals surface area contributed by atoms with E-state index in [0.29, 0.717) is 18.1 Å². The van der Waals surface area contributed by atoms with Crippen LogP contribution in [-0.4, -0.2) is 30.6 Å². The Morgan fingerprint density at radius 2 is 1.59 bits per heavy atom. The molecule has 22 heavy (non-hydrogen) atoms. The fourth-order valence-corrected chi connectivity index (χ4v) is 2.12. The Morgan fingerprint density at radius 3 is 2.18 bits per heavy atom. The summed E-state index contributed by atoms with van der Waals surface area (Å²) < 4.78 is 1.38. The summed E-state index contributed by atoms with van der Waals surface area (Å²) in [6.07, 6.45) is 7.89. The highest BCUT2D eigenvalue weighted by Gasteiger charge is 2.17. The van der Waals surface area contributed by atoms with Gasteiger partial charge < -0.3 is 0 Å². The number of aromatic nitrogens is 5. The molecular weight excluding hydrogens is 278 g/mol. The van der Waals surface area contributed by atoms with Crippen molar-refractivity contribution in [2.45, 2.75) is 19.8 Å². The Bertz CT molecular complexity index is 768. The quantitative estimate of drug-likeness (QED) is 0.739. The van der Waals surface area contributed by atoms with Crippen molar-refractivity contribution >= 4 is 5.91 Å². The Labute approximate surface area is 127 Å². The summed E-state index contributed by atoms with van der Waals surface area (Å²) in [6.45, 7) is 1.96. The average molecular weight is 293 g/mol. The van der Waals surface area contributed by atoms with Crippen LogP contribution in [0.15, 0.2) is 49.1 Å². The Kier molecular flexibility index (Phi) is 4.00. The van der Waals surface area contributed by atoms with Crippen molar-refractivity contribution in [1.82, 2.24) is 24.7 Å². The fraction of sp³-hybridized carbons (Fsp3) is 0.188. The molecule has 6 heteroatoms. The molecule has 6 nitrogen and oxygen atoms in total. The van der Waals surface area contributed by atoms with Gasteiger partial charge in [0.05, 0.1) is 0 Å². The molecule has 0 fully saturated rings. The Hall–Kier alpha value is -2.89. The van der Waals surface area contributed by atoms with Crippen molar-refractivity contribution in [1.29, 1.82) is 0 Å². The van der Waals surface area contributed by atoms with Gasteiger partial charge in [-0.15, -0.1) is 5.10 Å². The molecule has 0 amide bonds. The molecule has 3 aromatic rings. The van der Waals surface area contributed by atoms with Crippen LogP contribution < -0.4 is 0 Å². The zero-order chi connectivity index (χ0) is 15.4. The van der Waals surface area contributed by atoms with E-state index >= 15 is 0 Å². The molecule has 3 rings (SSSR count). The van der Waals surface area contributed by atoms with E-state index in [2.05, 4.69) is 20.1 Å². The lowest BCUT2D eigenvalue weighted by atomic mass is 10.2. The second-order valence-electron chi connectivity index (χ2n) is 4.79. The maximum atomic E-state index is 12.3. The molecule has 0 unspecified atom stereocenters. The molecule has 3 aromatic heterocycles. The molecular formula is C16H15N5O. The van der Waals surface area contributed by atoms with E-state index in [9.17, 15) is 4.79 Å². The van der Waals surface area contributed by atoms with Crippen LogP contribution in [-0.2, 0) is 0 Å². The van der Waals surface area contributed by atoms with Crippen LogP contribution in [0, 0.1) is 0 Å². The lowest BCUT2D eigenvalue weighted by Crippen LogP contribution is -2.13. The van der Waals surface area contributed by atoms with E-state index in [1.807, 2.05) is 31.2 Å². The second-order valence-corrected chi connectivity index (χ2v) is 4.79. The van der Waals surface area contributed by atoms with Gasteiger partial charge in [-0.2, -0.15) is 4.68 Å². The van der Waals surface area contributed by atoms with Crippen LogP contribution in [0.2, 0.25) is 0 Å². The summed E-state index contributed by atoms with van der Waals surface area (Å²) in [7, 11) is 0. The van der Waals surface area contributed by atoms with Gasteiger partial charge in [-0.3, -0.25) is 14.8 Å². The van der Waals surface area contributed by atoms with Crippen LogP contribution >= 0.6 is 0 Å². The molecule has 0 atom stereocenters. The summed E-state index contributed by atoms with van der Waals surface area (Å²) in [4.78, 5) is 24.8. The fourth-order valence-electron chi connectivity index (χ4n) is 2.12. The standard InChI is InChI=1S/C16H15N5O/c1-2-3-14(22)21-16(13-6-10-18-11-7-13)19-15(20-21)12-4-8-17-9-5-12/h4-11H,2-3H2,1H3. The van der Waals surface area contributed by atoms with E-state index in [-0.39, 0.29) is 5.91 Å². The first-order chi connectivity index (χ1) is 10.8. The van der Waals surface area contributed by atoms with Crippen molar-refractivity contribution in [3.05, 3.63) is 49.1 Å². The van der Waals surface area contributed by atoms with Gasteiger partial charge in [0.15, 0.2) is 11.6 Å². The number of carbonyl (C=O) groups is 1. The van der Waals surface area contributed by atoms with Gasteiger partial charge in [-0.05, 0) is 30.7 Å². The van der Waals surface area contributed by atoms with Crippen LogP contribution in [0.1, 0.15) is 24.6 Å². The zero-order valence-electron chi connectivity index (χ0n) is 12.2. The summed E-state index contributed by atoms with van der Waals surface area (Å²) in [5.74, 6) is 0.980. The topological polar surface area (TPSA) is 73.6 Å². The molecule has 3 heterocycles. The van der Waals surface area contributed by atoms with Crippen LogP contribution in [0.5, 0.6) is 0 Å². The van der Waals surface area contributed by atoms with E-state index in [1.165, 1.54) is 4.68 Å². The number of nitrogens with zero attached hydrogens (tertiary/aromatic N) is 5. The third-order valence-electron chi connectivity index (χ3n) is 3.18. The van der Waals surface area contributed by atoms with Gasteiger partial charge in [-0.1, -0.05) is 6.92 Å². The highest BCUT2D eigenvalue weighted by atomic mass is 16.2. The molecule has 0 spiro atoms. The minimum absolute atomic E-state index is 0.0675. The molecule has 0 saturated carbocycles. The molecule has 0 aliphatic heterocycles. The lowest BCUT2D eigenvalue weighted by molar-refractivity contribution is 0.0888. The summed E-state index contributed by atoms with van der Waals surface area (Å²) >= 11 is 0. The first-order valence-electron chi connectivity index (χ1n) is 7.10. The molecule has 0 saturated heterocycles. The van der Waals surface area contributed by atoms with Crippen molar-refractivity contribution in [3.63, 3.8) is 0 Å². The third-order valence-corrected chi connectivity index (χ3v) is 3.18. The van der Waals surface area contributed by atoms with Gasteiger partial charge in [0.2, 0.25) is 5.91 Å². The molecule has 0 N–H and O–H groups in total. The van der Waals surface area contributed by atoms with E-state index < -0.39 is 0 Å². The average Bonchev–Trinajstić information content (AvgIpc) is 3.02. The predicted molar refractivity (Wildman–Crippen MR) is 82.0 cm³/mol. The van der Waals surface area contributed by atoms with Gasteiger partial charge in [0, 0.05) is 42.3 Å². The highest BCUT2D eigenvalue weighted by molar-refractivity contribution is 5.82. The van der Waals surface area contributed by atoms with Gasteiger partial charge in [-0.25, -0.2) is 4.98 Å². The first-order valence-corrected chi connectivity index (χ1v) is 7.10. The van der Waals surface area contributed by atoms with Crippen LogP contribution in [0.3, 0.4) is 0 Å². The molecule has 0 radical (unpaired) electrons. The number of carbonyl (C=O) groups excluding carboxylic acids is 1. The molecule has 0 aliphatic rings. The maximum Gasteiger partial charge on any atom is 0.248 e. The Morgan fingerprint density at radius 1 is 1.00 bits per heavy atom. The lowest BCUT2D eigenvalue weighted by Gasteiger charge is -2.03. The monoisotopic (exact) mass is 293 g/mol. The van der Waals surface area contributed by atoms with Crippen molar-refractivity contribution < 1.29 is 4.79 Å². The highest BCUT2D eigenvalue weighted by Crippen LogP contribution is 2.22. The minimum atomic E-state index is -0.0675. The first kappa shape index (κ1) is 14.1. The third kappa shape index (κ3) is 2.76. The van der Waals surface area contributed by atoms with Crippen LogP contribution in [0.4, 0.5) is 0 Å². The Balaban J connectivity index is 2.11. The van der Waals surface area contributed by atoms with Gasteiger partial charge in [0.1, 0.15) is 0 Å². The number of hydrogen-bond acceptors (Lipinski definition) is 5. The molecule has 110 valence electrons. The second kappa shape index (κ2) is 6.26.